The van der Waals surface area contributed by atoms with Crippen LogP contribution in [-0.4, -0.2) is 33.0 Å². The van der Waals surface area contributed by atoms with Gasteiger partial charge < -0.3 is 28.6 Å². The summed E-state index contributed by atoms with van der Waals surface area (Å²) < 4.78 is 36.4. The quantitative estimate of drug-likeness (QED) is 0.0574. The lowest BCUT2D eigenvalue weighted by Gasteiger charge is -2.06. The van der Waals surface area contributed by atoms with E-state index >= 15 is 0 Å². The Kier molecular flexibility index (Phi) is 12.5. The number of H-pyrrole nitrogens is 2. The van der Waals surface area contributed by atoms with E-state index in [2.05, 4.69) is 51.1 Å². The molecule has 0 spiro atoms. The van der Waals surface area contributed by atoms with Crippen molar-refractivity contribution in [2.75, 3.05) is 6.79 Å². The Hall–Kier alpha value is -7.96. The van der Waals surface area contributed by atoms with Gasteiger partial charge >= 0.3 is 0 Å². The molecule has 4 aromatic heterocycles. The van der Waals surface area contributed by atoms with Crippen LogP contribution in [0.25, 0.3) is 48.9 Å². The maximum atomic E-state index is 13.1. The van der Waals surface area contributed by atoms with Gasteiger partial charge in [0.1, 0.15) is 35.8 Å². The van der Waals surface area contributed by atoms with Crippen molar-refractivity contribution in [2.45, 2.75) is 13.5 Å². The zero-order valence-corrected chi connectivity index (χ0v) is 34.1. The molecule has 12 heteroatoms. The predicted octanol–water partition coefficient (Wildman–Crippen LogP) is 11.4. The molecule has 10 nitrogen and oxygen atoms in total. The summed E-state index contributed by atoms with van der Waals surface area (Å²) in [5, 5.41) is 2.39. The lowest BCUT2D eigenvalue weighted by molar-refractivity contribution is -0.134. The molecule has 62 heavy (non-hydrogen) atoms. The molecule has 0 unspecified atom stereocenters. The smallest absolute Gasteiger partial charge is 0.295 e. The van der Waals surface area contributed by atoms with Crippen molar-refractivity contribution < 1.29 is 32.6 Å². The van der Waals surface area contributed by atoms with E-state index in [4.69, 9.17) is 13.9 Å². The molecule has 0 fully saturated rings. The normalized spacial score (nSPS) is 10.7. The second-order valence-corrected chi connectivity index (χ2v) is 15.0. The molecule has 0 saturated heterocycles. The van der Waals surface area contributed by atoms with Crippen LogP contribution < -0.4 is 15.0 Å². The minimum Gasteiger partial charge on any atom is -0.489 e. The zero-order valence-electron chi connectivity index (χ0n) is 33.2. The van der Waals surface area contributed by atoms with Gasteiger partial charge in [-0.15, -0.1) is 0 Å². The first-order chi connectivity index (χ1) is 30.3. The third kappa shape index (κ3) is 9.57. The number of halogens is 1. The van der Waals surface area contributed by atoms with Gasteiger partial charge in [0.2, 0.25) is 6.79 Å². The number of carbonyl (C=O) groups is 2. The minimum atomic E-state index is -0.320. The van der Waals surface area contributed by atoms with Crippen LogP contribution in [0.1, 0.15) is 27.0 Å². The molecule has 0 radical (unpaired) electrons. The first kappa shape index (κ1) is 40.8. The summed E-state index contributed by atoms with van der Waals surface area (Å²) in [5.74, 6) is 0.914. The van der Waals surface area contributed by atoms with Crippen molar-refractivity contribution in [1.29, 1.82) is 0 Å². The van der Waals surface area contributed by atoms with E-state index in [1.165, 1.54) is 46.9 Å². The Bertz CT molecular complexity index is 3140. The Labute approximate surface area is 358 Å². The van der Waals surface area contributed by atoms with E-state index in [9.17, 15) is 18.8 Å². The predicted molar refractivity (Wildman–Crippen MR) is 240 cm³/mol. The standard InChI is InChI=1S/C19H16N2O.C17H12O5.C14H10FNOS/c1-2-4-14(5-3-1)13-22-17-7-6-15-10-18(21-19(15)11-17)16-8-9-20-12-16;18-10-20-11-22-13-6-7-16-14(8-13)15(9-21-16)17(19)12-4-2-1-3-5-12;1-9-2-5-11(6-3-9)16-14(17)12-7-4-10(15)8-13(12)18-16/h1-12,20-21H,13H2;1-10H,11H2;2-8H,1H3. The molecule has 0 aliphatic rings. The number of carbonyl (C=O) groups excluding carboxylic acids is 2. The summed E-state index contributed by atoms with van der Waals surface area (Å²) in [4.78, 5) is 41.3. The topological polar surface area (TPSA) is 129 Å². The van der Waals surface area contributed by atoms with Gasteiger partial charge in [-0.2, -0.15) is 0 Å². The van der Waals surface area contributed by atoms with Gasteiger partial charge in [0.15, 0.2) is 5.78 Å². The largest absolute Gasteiger partial charge is 0.489 e. The molecule has 0 aliphatic carbocycles. The van der Waals surface area contributed by atoms with E-state index in [1.807, 2.05) is 73.9 Å². The Morgan fingerprint density at radius 1 is 0.806 bits per heavy atom. The number of aromatic amines is 2. The first-order valence-electron chi connectivity index (χ1n) is 19.4. The summed E-state index contributed by atoms with van der Waals surface area (Å²) >= 11 is 1.26. The second-order valence-electron chi connectivity index (χ2n) is 14.0. The molecule has 2 N–H and O–H groups in total. The number of aryl methyl sites for hydroxylation is 1. The third-order valence-electron chi connectivity index (χ3n) is 9.76. The molecule has 0 amide bonds. The van der Waals surface area contributed by atoms with Crippen LogP contribution in [-0.2, 0) is 16.1 Å². The van der Waals surface area contributed by atoms with Crippen LogP contribution in [0.2, 0.25) is 0 Å². The summed E-state index contributed by atoms with van der Waals surface area (Å²) in [6, 6.07) is 46.5. The molecular formula is C50H38FN3O7S. The summed E-state index contributed by atoms with van der Waals surface area (Å²) in [5.41, 5.74) is 8.00. The molecule has 6 aromatic carbocycles. The molecule has 10 aromatic rings. The SMILES string of the molecule is Cc1ccc(-n2sc3cc(F)ccc3c2=O)cc1.O=COCOc1ccc2occ(C(=O)c3ccccc3)c2c1.c1ccc(COc2ccc3cc(-c4cc[nH]c4)[nH]c3c2)cc1. The van der Waals surface area contributed by atoms with Gasteiger partial charge in [-0.25, -0.2) is 8.35 Å². The molecule has 10 rings (SSSR count). The van der Waals surface area contributed by atoms with E-state index in [1.54, 1.807) is 46.4 Å². The number of benzene rings is 6. The average molecular weight is 844 g/mol. The lowest BCUT2D eigenvalue weighted by atomic mass is 10.0. The van der Waals surface area contributed by atoms with E-state index < -0.39 is 0 Å². The van der Waals surface area contributed by atoms with Crippen molar-refractivity contribution in [3.05, 3.63) is 209 Å². The fraction of sp³-hybridized carbons (Fsp3) is 0.0600. The maximum Gasteiger partial charge on any atom is 0.295 e. The Morgan fingerprint density at radius 2 is 1.56 bits per heavy atom. The van der Waals surface area contributed by atoms with Crippen LogP contribution in [0.4, 0.5) is 4.39 Å². The van der Waals surface area contributed by atoms with Crippen LogP contribution in [0.15, 0.2) is 180 Å². The van der Waals surface area contributed by atoms with Crippen LogP contribution in [0.5, 0.6) is 11.5 Å². The van der Waals surface area contributed by atoms with E-state index in [0.29, 0.717) is 51.0 Å². The third-order valence-corrected chi connectivity index (χ3v) is 10.8. The lowest BCUT2D eigenvalue weighted by Crippen LogP contribution is -2.10. The summed E-state index contributed by atoms with van der Waals surface area (Å²) in [6.07, 6.45) is 5.35. The molecule has 0 atom stereocenters. The van der Waals surface area contributed by atoms with E-state index in [0.717, 1.165) is 33.8 Å². The number of ketones is 1. The van der Waals surface area contributed by atoms with Gasteiger partial charge in [-0.05, 0) is 85.3 Å². The molecule has 0 aliphatic heterocycles. The molecule has 4 heterocycles. The fourth-order valence-electron chi connectivity index (χ4n) is 6.58. The van der Waals surface area contributed by atoms with Crippen molar-refractivity contribution in [1.82, 2.24) is 13.9 Å². The zero-order chi connectivity index (χ0) is 42.8. The number of nitrogens with one attached hydrogen (secondary N) is 2. The number of rotatable bonds is 11. The van der Waals surface area contributed by atoms with Crippen molar-refractivity contribution in [3.8, 4) is 28.4 Å². The van der Waals surface area contributed by atoms with Gasteiger partial charge in [0.05, 0.1) is 21.3 Å². The van der Waals surface area contributed by atoms with Crippen LogP contribution >= 0.6 is 11.5 Å². The average Bonchev–Trinajstić information content (AvgIpc) is 4.13. The number of fused-ring (bicyclic) bond motifs is 3. The number of aromatic nitrogens is 3. The van der Waals surface area contributed by atoms with Gasteiger partial charge in [-0.3, -0.25) is 14.4 Å². The van der Waals surface area contributed by atoms with Crippen LogP contribution in [0, 0.1) is 12.7 Å². The highest BCUT2D eigenvalue weighted by atomic mass is 32.1. The molecule has 0 bridgehead atoms. The van der Waals surface area contributed by atoms with Gasteiger partial charge in [0.25, 0.3) is 12.0 Å². The highest BCUT2D eigenvalue weighted by Gasteiger charge is 2.16. The molecule has 308 valence electrons. The van der Waals surface area contributed by atoms with Crippen molar-refractivity contribution in [2.24, 2.45) is 0 Å². The minimum absolute atomic E-state index is 0.0983. The fourth-order valence-corrected chi connectivity index (χ4v) is 7.60. The number of nitrogens with zero attached hydrogens (tertiary/aromatic N) is 1. The molecular weight excluding hydrogens is 806 g/mol. The number of ether oxygens (including phenoxy) is 3. The number of hydrogen-bond donors (Lipinski definition) is 2. The summed E-state index contributed by atoms with van der Waals surface area (Å²) in [7, 11) is 0. The number of hydrogen-bond acceptors (Lipinski definition) is 8. The maximum absolute atomic E-state index is 13.1. The van der Waals surface area contributed by atoms with Gasteiger partial charge in [-0.1, -0.05) is 89.9 Å². The Morgan fingerprint density at radius 3 is 2.32 bits per heavy atom. The van der Waals surface area contributed by atoms with Crippen LogP contribution in [0.3, 0.4) is 0 Å². The highest BCUT2D eigenvalue weighted by molar-refractivity contribution is 7.14. The van der Waals surface area contributed by atoms with Crippen molar-refractivity contribution in [3.63, 3.8) is 0 Å². The highest BCUT2D eigenvalue weighted by Crippen LogP contribution is 2.29. The van der Waals surface area contributed by atoms with E-state index in [-0.39, 0.29) is 24.0 Å². The second kappa shape index (κ2) is 19.0. The monoisotopic (exact) mass is 843 g/mol. The van der Waals surface area contributed by atoms with Gasteiger partial charge in [0, 0.05) is 51.6 Å². The molecule has 0 saturated carbocycles. The van der Waals surface area contributed by atoms with Crippen molar-refractivity contribution >= 4 is 55.7 Å². The first-order valence-corrected chi connectivity index (χ1v) is 20.2. The Balaban J connectivity index is 0.000000129. The number of furan rings is 1. The summed E-state index contributed by atoms with van der Waals surface area (Å²) in [6.45, 7) is 2.69.